The molecule has 0 saturated carbocycles. The molecule has 2 heterocycles. The van der Waals surface area contributed by atoms with Gasteiger partial charge in [-0.25, -0.2) is 4.79 Å². The number of hydrogen-bond donors (Lipinski definition) is 1. The molecule has 0 aliphatic heterocycles. The maximum Gasteiger partial charge on any atom is 0.342 e. The summed E-state index contributed by atoms with van der Waals surface area (Å²) in [6.45, 7) is 1.93. The number of carbonyl (C=O) groups is 1. The normalized spacial score (nSPS) is 10.5. The molecule has 0 unspecified atom stereocenters. The van der Waals surface area contributed by atoms with Gasteiger partial charge in [-0.05, 0) is 6.92 Å². The average Bonchev–Trinajstić information content (AvgIpc) is 2.63. The van der Waals surface area contributed by atoms with Crippen LogP contribution < -0.4 is 5.56 Å². The highest BCUT2D eigenvalue weighted by atomic mass is 16.5. The second kappa shape index (κ2) is 3.52. The van der Waals surface area contributed by atoms with Crippen LogP contribution in [-0.4, -0.2) is 32.4 Å². The molecule has 2 rings (SSSR count). The summed E-state index contributed by atoms with van der Waals surface area (Å²) in [6, 6.07) is 0. The van der Waals surface area contributed by atoms with Crippen molar-refractivity contribution in [2.24, 2.45) is 0 Å². The van der Waals surface area contributed by atoms with Crippen LogP contribution in [0.4, 0.5) is 0 Å². The number of aromatic nitrogens is 4. The third-order valence-electron chi connectivity index (χ3n) is 1.82. The molecule has 2 aromatic heterocycles. The number of ether oxygens (including phenoxy) is 1. The lowest BCUT2D eigenvalue weighted by atomic mass is 10.3. The van der Waals surface area contributed by atoms with Crippen LogP contribution in [0.3, 0.4) is 0 Å². The summed E-state index contributed by atoms with van der Waals surface area (Å²) >= 11 is 0. The van der Waals surface area contributed by atoms with Crippen LogP contribution in [0.2, 0.25) is 0 Å². The molecule has 0 saturated heterocycles. The molecule has 0 aliphatic carbocycles. The first kappa shape index (κ1) is 9.38. The fraction of sp³-hybridized carbons (Fsp3) is 0.250. The summed E-state index contributed by atoms with van der Waals surface area (Å²) in [4.78, 5) is 25.2. The predicted molar refractivity (Wildman–Crippen MR) is 49.6 cm³/mol. The maximum atomic E-state index is 11.4. The first-order chi connectivity index (χ1) is 7.24. The minimum atomic E-state index is -0.578. The molecule has 7 nitrogen and oxygen atoms in total. The number of nitrogens with one attached hydrogen (secondary N) is 1. The van der Waals surface area contributed by atoms with Crippen LogP contribution in [-0.2, 0) is 4.74 Å². The molecule has 1 N–H and O–H groups in total. The summed E-state index contributed by atoms with van der Waals surface area (Å²) in [5.74, 6) is -0.578. The largest absolute Gasteiger partial charge is 0.462 e. The molecule has 0 radical (unpaired) electrons. The number of carbonyl (C=O) groups excluding carboxylic acids is 1. The zero-order valence-electron chi connectivity index (χ0n) is 7.93. The van der Waals surface area contributed by atoms with E-state index in [2.05, 4.69) is 15.2 Å². The standard InChI is InChI=1S/C8H8N4O3/c1-2-15-8(14)5-3-10-12-6(5)7(13)9-4-11-12/h3-4H,2H2,1H3,(H,9,11,13). The van der Waals surface area contributed by atoms with Gasteiger partial charge in [-0.3, -0.25) is 4.79 Å². The molecule has 78 valence electrons. The molecule has 0 aliphatic rings. The third-order valence-corrected chi connectivity index (χ3v) is 1.82. The van der Waals surface area contributed by atoms with Crippen LogP contribution in [0, 0.1) is 0 Å². The smallest absolute Gasteiger partial charge is 0.342 e. The highest BCUT2D eigenvalue weighted by Gasteiger charge is 2.16. The maximum absolute atomic E-state index is 11.4. The second-order valence-electron chi connectivity index (χ2n) is 2.73. The fourth-order valence-corrected chi connectivity index (χ4v) is 1.21. The van der Waals surface area contributed by atoms with Crippen LogP contribution in [0.1, 0.15) is 17.3 Å². The summed E-state index contributed by atoms with van der Waals surface area (Å²) in [5, 5.41) is 7.51. The van der Waals surface area contributed by atoms with Gasteiger partial charge in [-0.15, -0.1) is 9.73 Å². The lowest BCUT2D eigenvalue weighted by Gasteiger charge is -1.97. The Morgan fingerprint density at radius 2 is 2.40 bits per heavy atom. The minimum absolute atomic E-state index is 0.0935. The van der Waals surface area contributed by atoms with Gasteiger partial charge in [0, 0.05) is 0 Å². The molecular formula is C8H8N4O3. The van der Waals surface area contributed by atoms with Crippen LogP contribution in [0.5, 0.6) is 0 Å². The monoisotopic (exact) mass is 208 g/mol. The Morgan fingerprint density at radius 3 is 3.13 bits per heavy atom. The van der Waals surface area contributed by atoms with Gasteiger partial charge in [0.25, 0.3) is 5.56 Å². The number of hydrogen-bond acceptors (Lipinski definition) is 5. The van der Waals surface area contributed by atoms with Gasteiger partial charge >= 0.3 is 5.97 Å². The van der Waals surface area contributed by atoms with Gasteiger partial charge in [0.05, 0.1) is 12.8 Å². The van der Waals surface area contributed by atoms with Crippen molar-refractivity contribution in [2.75, 3.05) is 6.61 Å². The molecule has 2 aromatic rings. The van der Waals surface area contributed by atoms with Crippen molar-refractivity contribution in [3.63, 3.8) is 0 Å². The molecule has 0 aromatic carbocycles. The average molecular weight is 208 g/mol. The summed E-state index contributed by atoms with van der Waals surface area (Å²) in [7, 11) is 0. The molecule has 0 atom stereocenters. The van der Waals surface area contributed by atoms with E-state index in [9.17, 15) is 9.59 Å². The highest BCUT2D eigenvalue weighted by molar-refractivity contribution is 5.96. The predicted octanol–water partition coefficient (Wildman–Crippen LogP) is -0.406. The Bertz CT molecular complexity index is 556. The van der Waals surface area contributed by atoms with Crippen molar-refractivity contribution < 1.29 is 9.53 Å². The van der Waals surface area contributed by atoms with Gasteiger partial charge in [0.2, 0.25) is 0 Å². The number of fused-ring (bicyclic) bond motifs is 1. The van der Waals surface area contributed by atoms with Gasteiger partial charge in [0.1, 0.15) is 11.9 Å². The van der Waals surface area contributed by atoms with Gasteiger partial charge in [-0.2, -0.15) is 5.10 Å². The van der Waals surface area contributed by atoms with E-state index < -0.39 is 11.5 Å². The van der Waals surface area contributed by atoms with E-state index >= 15 is 0 Å². The zero-order chi connectivity index (χ0) is 10.8. The highest BCUT2D eigenvalue weighted by Crippen LogP contribution is 2.05. The Labute approximate surface area is 83.7 Å². The van der Waals surface area contributed by atoms with E-state index in [0.717, 1.165) is 4.63 Å². The number of esters is 1. The topological polar surface area (TPSA) is 89.3 Å². The van der Waals surface area contributed by atoms with E-state index in [1.807, 2.05) is 0 Å². The number of rotatable bonds is 2. The second-order valence-corrected chi connectivity index (χ2v) is 2.73. The molecule has 0 spiro atoms. The van der Waals surface area contributed by atoms with Crippen molar-refractivity contribution in [2.45, 2.75) is 6.92 Å². The quantitative estimate of drug-likeness (QED) is 0.678. The third kappa shape index (κ3) is 1.47. The Morgan fingerprint density at radius 1 is 1.60 bits per heavy atom. The Balaban J connectivity index is 2.62. The number of H-pyrrole nitrogens is 1. The van der Waals surface area contributed by atoms with Crippen LogP contribution >= 0.6 is 0 Å². The Kier molecular flexibility index (Phi) is 2.20. The molecular weight excluding hydrogens is 200 g/mol. The van der Waals surface area contributed by atoms with Crippen molar-refractivity contribution in [1.29, 1.82) is 0 Å². The summed E-state index contributed by atoms with van der Waals surface area (Å²) in [5.41, 5.74) is -0.215. The van der Waals surface area contributed by atoms with Gasteiger partial charge in [-0.1, -0.05) is 0 Å². The van der Waals surface area contributed by atoms with Gasteiger partial charge in [0.15, 0.2) is 5.52 Å². The van der Waals surface area contributed by atoms with Crippen molar-refractivity contribution in [1.82, 2.24) is 19.8 Å². The SMILES string of the molecule is CCOC(=O)c1cnn2nc[nH]c(=O)c12. The zero-order valence-corrected chi connectivity index (χ0v) is 7.93. The lowest BCUT2D eigenvalue weighted by molar-refractivity contribution is 0.0528. The minimum Gasteiger partial charge on any atom is -0.462 e. The van der Waals surface area contributed by atoms with E-state index in [1.165, 1.54) is 12.5 Å². The van der Waals surface area contributed by atoms with Crippen LogP contribution in [0.25, 0.3) is 5.52 Å². The fourth-order valence-electron chi connectivity index (χ4n) is 1.21. The van der Waals surface area contributed by atoms with Gasteiger partial charge < -0.3 is 9.72 Å². The lowest BCUT2D eigenvalue weighted by Crippen LogP contribution is -2.15. The van der Waals surface area contributed by atoms with Crippen LogP contribution in [0.15, 0.2) is 17.3 Å². The number of nitrogens with zero attached hydrogens (tertiary/aromatic N) is 3. The van der Waals surface area contributed by atoms with Crippen molar-refractivity contribution in [3.05, 3.63) is 28.4 Å². The van der Waals surface area contributed by atoms with E-state index in [4.69, 9.17) is 4.74 Å². The van der Waals surface area contributed by atoms with E-state index in [1.54, 1.807) is 6.92 Å². The molecule has 0 amide bonds. The van der Waals surface area contributed by atoms with Crippen molar-refractivity contribution >= 4 is 11.5 Å². The molecule has 0 bridgehead atoms. The molecule has 15 heavy (non-hydrogen) atoms. The first-order valence-electron chi connectivity index (χ1n) is 4.33. The summed E-state index contributed by atoms with van der Waals surface area (Å²) < 4.78 is 5.86. The summed E-state index contributed by atoms with van der Waals surface area (Å²) in [6.07, 6.45) is 2.47. The van der Waals surface area contributed by atoms with Crippen molar-refractivity contribution in [3.8, 4) is 0 Å². The molecule has 7 heteroatoms. The number of aromatic amines is 1. The molecule has 0 fully saturated rings. The van der Waals surface area contributed by atoms with E-state index in [0.29, 0.717) is 0 Å². The Hall–Kier alpha value is -2.18. The first-order valence-corrected chi connectivity index (χ1v) is 4.33. The van der Waals surface area contributed by atoms with E-state index in [-0.39, 0.29) is 17.7 Å².